The zero-order chi connectivity index (χ0) is 13.8. The fraction of sp³-hybridized carbons (Fsp3) is 0.615. The van der Waals surface area contributed by atoms with Crippen molar-refractivity contribution in [2.24, 2.45) is 0 Å². The molecule has 0 spiro atoms. The van der Waals surface area contributed by atoms with Crippen molar-refractivity contribution in [2.45, 2.75) is 25.8 Å². The smallest absolute Gasteiger partial charge is 0.356 e. The lowest BCUT2D eigenvalue weighted by atomic mass is 10.2. The minimum atomic E-state index is -1.04. The number of aromatic nitrogens is 2. The van der Waals surface area contributed by atoms with E-state index in [0.29, 0.717) is 11.9 Å². The summed E-state index contributed by atoms with van der Waals surface area (Å²) in [5.41, 5.74) is -0.0110. The summed E-state index contributed by atoms with van der Waals surface area (Å²) < 4.78 is 0. The molecular weight excluding hydrogens is 244 g/mol. The molecule has 1 aliphatic heterocycles. The van der Waals surface area contributed by atoms with Gasteiger partial charge in [0, 0.05) is 19.6 Å². The highest BCUT2D eigenvalue weighted by Crippen LogP contribution is 2.19. The summed E-state index contributed by atoms with van der Waals surface area (Å²) in [6.45, 7) is 5.23. The van der Waals surface area contributed by atoms with E-state index in [9.17, 15) is 4.79 Å². The summed E-state index contributed by atoms with van der Waals surface area (Å²) in [5.74, 6) is -0.429. The van der Waals surface area contributed by atoms with Gasteiger partial charge >= 0.3 is 5.97 Å². The highest BCUT2D eigenvalue weighted by atomic mass is 16.4. The van der Waals surface area contributed by atoms with Gasteiger partial charge in [-0.15, -0.1) is 0 Å². The van der Waals surface area contributed by atoms with Crippen molar-refractivity contribution >= 4 is 11.8 Å². The Morgan fingerprint density at radius 2 is 2.37 bits per heavy atom. The molecule has 1 aliphatic rings. The molecule has 0 bridgehead atoms. The number of carboxylic acids is 1. The highest BCUT2D eigenvalue weighted by molar-refractivity contribution is 5.85. The number of carboxylic acid groups (broad SMARTS) is 1. The Bertz CT molecular complexity index is 452. The van der Waals surface area contributed by atoms with Crippen LogP contribution in [0.4, 0.5) is 5.82 Å². The van der Waals surface area contributed by atoms with E-state index in [0.717, 1.165) is 19.6 Å². The Balaban J connectivity index is 2.05. The molecule has 0 amide bonds. The molecule has 1 unspecified atom stereocenters. The van der Waals surface area contributed by atoms with Crippen LogP contribution in [0.3, 0.4) is 0 Å². The molecule has 1 aromatic rings. The third-order valence-electron chi connectivity index (χ3n) is 3.62. The Morgan fingerprint density at radius 1 is 1.58 bits per heavy atom. The van der Waals surface area contributed by atoms with Gasteiger partial charge in [-0.05, 0) is 25.9 Å². The highest BCUT2D eigenvalue weighted by Gasteiger charge is 2.24. The van der Waals surface area contributed by atoms with Crippen LogP contribution in [0.25, 0.3) is 0 Å². The molecule has 6 nitrogen and oxygen atoms in total. The first-order valence-corrected chi connectivity index (χ1v) is 6.62. The van der Waals surface area contributed by atoms with Crippen LogP contribution in [-0.2, 0) is 0 Å². The Labute approximate surface area is 113 Å². The monoisotopic (exact) mass is 264 g/mol. The number of carbonyl (C=O) groups is 1. The summed E-state index contributed by atoms with van der Waals surface area (Å²) in [6.07, 6.45) is 5.29. The lowest BCUT2D eigenvalue weighted by Gasteiger charge is -2.28. The number of likely N-dealkylation sites (N-methyl/N-ethyl adjacent to an activating group) is 2. The second kappa shape index (κ2) is 5.97. The summed E-state index contributed by atoms with van der Waals surface area (Å²) >= 11 is 0. The molecule has 1 N–H and O–H groups in total. The molecule has 0 aliphatic carbocycles. The lowest BCUT2D eigenvalue weighted by molar-refractivity contribution is 0.0690. The van der Waals surface area contributed by atoms with Crippen molar-refractivity contribution in [1.29, 1.82) is 0 Å². The Hall–Kier alpha value is -1.69. The van der Waals surface area contributed by atoms with Crippen LogP contribution in [0.5, 0.6) is 0 Å². The normalized spacial score (nSPS) is 19.6. The average molecular weight is 264 g/mol. The van der Waals surface area contributed by atoms with Gasteiger partial charge in [0.1, 0.15) is 5.82 Å². The predicted octanol–water partition coefficient (Wildman–Crippen LogP) is 1.10. The fourth-order valence-corrected chi connectivity index (χ4v) is 2.57. The summed E-state index contributed by atoms with van der Waals surface area (Å²) in [6, 6.07) is 0.519. The van der Waals surface area contributed by atoms with Crippen LogP contribution in [0.2, 0.25) is 0 Å². The summed E-state index contributed by atoms with van der Waals surface area (Å²) in [7, 11) is 1.93. The van der Waals surface area contributed by atoms with E-state index in [1.807, 2.05) is 11.9 Å². The molecule has 0 aromatic carbocycles. The van der Waals surface area contributed by atoms with E-state index < -0.39 is 5.97 Å². The molecule has 104 valence electrons. The third-order valence-corrected chi connectivity index (χ3v) is 3.62. The molecule has 0 saturated carbocycles. The van der Waals surface area contributed by atoms with Crippen molar-refractivity contribution in [3.05, 3.63) is 18.1 Å². The summed E-state index contributed by atoms with van der Waals surface area (Å²) in [5, 5.41) is 8.93. The zero-order valence-electron chi connectivity index (χ0n) is 11.4. The van der Waals surface area contributed by atoms with Crippen molar-refractivity contribution in [2.75, 3.05) is 31.6 Å². The van der Waals surface area contributed by atoms with Crippen molar-refractivity contribution in [3.8, 4) is 0 Å². The molecule has 1 aromatic heterocycles. The van der Waals surface area contributed by atoms with Gasteiger partial charge in [-0.25, -0.2) is 9.78 Å². The topological polar surface area (TPSA) is 69.6 Å². The number of nitrogens with zero attached hydrogens (tertiary/aromatic N) is 4. The molecule has 1 fully saturated rings. The minimum absolute atomic E-state index is 0.0110. The third kappa shape index (κ3) is 3.20. The van der Waals surface area contributed by atoms with Gasteiger partial charge in [-0.2, -0.15) is 0 Å². The maximum Gasteiger partial charge on any atom is 0.356 e. The van der Waals surface area contributed by atoms with Gasteiger partial charge in [0.15, 0.2) is 5.69 Å². The maximum atomic E-state index is 10.9. The van der Waals surface area contributed by atoms with Crippen molar-refractivity contribution in [3.63, 3.8) is 0 Å². The molecule has 1 saturated heterocycles. The first-order valence-electron chi connectivity index (χ1n) is 6.62. The first kappa shape index (κ1) is 13.7. The van der Waals surface area contributed by atoms with Gasteiger partial charge in [0.25, 0.3) is 0 Å². The second-order valence-electron chi connectivity index (χ2n) is 4.87. The molecule has 1 atom stereocenters. The van der Waals surface area contributed by atoms with Crippen LogP contribution in [0, 0.1) is 0 Å². The molecular formula is C13H20N4O2. The first-order chi connectivity index (χ1) is 9.11. The van der Waals surface area contributed by atoms with Crippen LogP contribution >= 0.6 is 0 Å². The van der Waals surface area contributed by atoms with Crippen LogP contribution in [-0.4, -0.2) is 58.7 Å². The van der Waals surface area contributed by atoms with Crippen molar-refractivity contribution < 1.29 is 9.90 Å². The number of anilines is 1. The van der Waals surface area contributed by atoms with Crippen LogP contribution in [0.1, 0.15) is 30.3 Å². The predicted molar refractivity (Wildman–Crippen MR) is 72.5 cm³/mol. The van der Waals surface area contributed by atoms with Gasteiger partial charge in [-0.3, -0.25) is 9.88 Å². The van der Waals surface area contributed by atoms with Gasteiger partial charge in [0.05, 0.1) is 12.4 Å². The molecule has 2 heterocycles. The lowest BCUT2D eigenvalue weighted by Crippen LogP contribution is -2.39. The van der Waals surface area contributed by atoms with Crippen molar-refractivity contribution in [1.82, 2.24) is 14.9 Å². The number of likely N-dealkylation sites (tertiary alicyclic amines) is 1. The second-order valence-corrected chi connectivity index (χ2v) is 4.87. The van der Waals surface area contributed by atoms with Gasteiger partial charge in [0.2, 0.25) is 0 Å². The standard InChI is InChI=1S/C13H20N4O2/c1-3-17-6-4-5-10(17)9-16(2)12-8-14-7-11(15-12)13(18)19/h7-8,10H,3-6,9H2,1-2H3,(H,18,19). The number of hydrogen-bond donors (Lipinski definition) is 1. The number of hydrogen-bond acceptors (Lipinski definition) is 5. The van der Waals surface area contributed by atoms with Gasteiger partial charge < -0.3 is 10.0 Å². The number of rotatable bonds is 5. The largest absolute Gasteiger partial charge is 0.476 e. The average Bonchev–Trinajstić information content (AvgIpc) is 2.86. The maximum absolute atomic E-state index is 10.9. The SMILES string of the molecule is CCN1CCCC1CN(C)c1cncc(C(=O)O)n1. The molecule has 6 heteroatoms. The zero-order valence-corrected chi connectivity index (χ0v) is 11.4. The van der Waals surface area contributed by atoms with E-state index in [1.54, 1.807) is 6.20 Å². The molecule has 0 radical (unpaired) electrons. The van der Waals surface area contributed by atoms with E-state index in [-0.39, 0.29) is 5.69 Å². The number of aromatic carboxylic acids is 1. The van der Waals surface area contributed by atoms with E-state index >= 15 is 0 Å². The van der Waals surface area contributed by atoms with Gasteiger partial charge in [-0.1, -0.05) is 6.92 Å². The fourth-order valence-electron chi connectivity index (χ4n) is 2.57. The molecule has 19 heavy (non-hydrogen) atoms. The summed E-state index contributed by atoms with van der Waals surface area (Å²) in [4.78, 5) is 23.4. The Kier molecular flexibility index (Phi) is 4.31. The van der Waals surface area contributed by atoms with E-state index in [1.165, 1.54) is 19.0 Å². The Morgan fingerprint density at radius 3 is 3.05 bits per heavy atom. The van der Waals surface area contributed by atoms with Crippen LogP contribution < -0.4 is 4.90 Å². The quantitative estimate of drug-likeness (QED) is 0.858. The van der Waals surface area contributed by atoms with Crippen LogP contribution in [0.15, 0.2) is 12.4 Å². The molecule has 2 rings (SSSR count). The minimum Gasteiger partial charge on any atom is -0.476 e. The van der Waals surface area contributed by atoms with E-state index in [2.05, 4.69) is 21.8 Å². The van der Waals surface area contributed by atoms with E-state index in [4.69, 9.17) is 5.11 Å².